The number of amides is 1. The number of carbonyl (C=O) groups is 1. The van der Waals surface area contributed by atoms with Crippen LogP contribution in [0.5, 0.6) is 0 Å². The first-order chi connectivity index (χ1) is 9.01. The van der Waals surface area contributed by atoms with Crippen molar-refractivity contribution in [2.45, 2.75) is 39.3 Å². The van der Waals surface area contributed by atoms with E-state index in [2.05, 4.69) is 29.2 Å². The molecule has 4 N–H and O–H groups in total. The maximum Gasteiger partial charge on any atom is 0.408 e. The zero-order chi connectivity index (χ0) is 14.2. The van der Waals surface area contributed by atoms with Crippen molar-refractivity contribution in [1.29, 1.82) is 0 Å². The van der Waals surface area contributed by atoms with Crippen LogP contribution in [-0.2, 0) is 4.79 Å². The maximum absolute atomic E-state index is 12.4. The molecule has 0 aliphatic carbocycles. The predicted molar refractivity (Wildman–Crippen MR) is 73.7 cm³/mol. The Bertz CT molecular complexity index is 489. The summed E-state index contributed by atoms with van der Waals surface area (Å²) < 4.78 is 0. The molecule has 2 heterocycles. The van der Waals surface area contributed by atoms with Gasteiger partial charge in [0.05, 0.1) is 6.20 Å². The van der Waals surface area contributed by atoms with E-state index in [1.807, 2.05) is 11.8 Å². The molecule has 1 atom stereocenters. The van der Waals surface area contributed by atoms with Crippen LogP contribution in [0.4, 0.5) is 17.5 Å². The van der Waals surface area contributed by atoms with Crippen LogP contribution in [0.3, 0.4) is 0 Å². The fourth-order valence-corrected chi connectivity index (χ4v) is 2.49. The third kappa shape index (κ3) is 2.10. The first-order valence-corrected chi connectivity index (χ1v) is 6.46. The number of H-pyrrole nitrogens is 1. The lowest BCUT2D eigenvalue weighted by atomic mass is 10.1. The molecule has 0 unspecified atom stereocenters. The summed E-state index contributed by atoms with van der Waals surface area (Å²) in [5.41, 5.74) is 3.26. The van der Waals surface area contributed by atoms with Gasteiger partial charge < -0.3 is 9.80 Å². The van der Waals surface area contributed by atoms with Crippen LogP contribution in [0.1, 0.15) is 27.2 Å². The molecular formula is C12H21N6O+. The van der Waals surface area contributed by atoms with Crippen molar-refractivity contribution in [2.24, 2.45) is 5.84 Å². The molecule has 1 aromatic heterocycles. The summed E-state index contributed by atoms with van der Waals surface area (Å²) in [5, 5.41) is 0. The Balaban J connectivity index is 2.59. The number of aromatic nitrogens is 2. The van der Waals surface area contributed by atoms with E-state index >= 15 is 0 Å². The van der Waals surface area contributed by atoms with Gasteiger partial charge in [-0.25, -0.2) is 10.4 Å². The zero-order valence-corrected chi connectivity index (χ0v) is 11.8. The van der Waals surface area contributed by atoms with Gasteiger partial charge in [-0.1, -0.05) is 6.92 Å². The number of hydrogen-bond donors (Lipinski definition) is 2. The number of rotatable bonds is 3. The van der Waals surface area contributed by atoms with Gasteiger partial charge in [-0.05, 0) is 25.3 Å². The topological polar surface area (TPSA) is 88.6 Å². The number of hydrazine groups is 1. The summed E-state index contributed by atoms with van der Waals surface area (Å²) in [5.74, 6) is 6.73. The molecule has 0 saturated carbocycles. The van der Waals surface area contributed by atoms with Crippen LogP contribution >= 0.6 is 0 Å². The van der Waals surface area contributed by atoms with E-state index in [-0.39, 0.29) is 18.0 Å². The number of carbonyl (C=O) groups excluding carboxylic acids is 1. The maximum atomic E-state index is 12.4. The highest BCUT2D eigenvalue weighted by molar-refractivity contribution is 6.04. The Kier molecular flexibility index (Phi) is 3.57. The van der Waals surface area contributed by atoms with E-state index in [9.17, 15) is 4.79 Å². The van der Waals surface area contributed by atoms with Crippen LogP contribution < -0.4 is 26.1 Å². The lowest BCUT2D eigenvalue weighted by molar-refractivity contribution is -0.364. The van der Waals surface area contributed by atoms with Crippen molar-refractivity contribution in [3.8, 4) is 0 Å². The summed E-state index contributed by atoms with van der Waals surface area (Å²) in [4.78, 5) is 23.5. The molecule has 0 fully saturated rings. The van der Waals surface area contributed by atoms with Gasteiger partial charge >= 0.3 is 5.95 Å². The molecule has 0 radical (unpaired) electrons. The van der Waals surface area contributed by atoms with Crippen LogP contribution in [-0.4, -0.2) is 30.0 Å². The van der Waals surface area contributed by atoms with Crippen molar-refractivity contribution >= 4 is 23.4 Å². The third-order valence-corrected chi connectivity index (χ3v) is 3.43. The standard InChI is InChI=1S/C12H20N6O/c1-5-8-11(19)17(4)9-6-14-12(16-13)15-10(9)18(8)7(2)3/h6-8H,5,13H2,1-4H3,(H,14,15,16)/p+1/t8-/m1/s1. The fraction of sp³-hybridized carbons (Fsp3) is 0.583. The second-order valence-electron chi connectivity index (χ2n) is 4.92. The van der Waals surface area contributed by atoms with Gasteiger partial charge in [0.15, 0.2) is 0 Å². The minimum absolute atomic E-state index is 0.0901. The van der Waals surface area contributed by atoms with Crippen LogP contribution in [0.15, 0.2) is 6.20 Å². The summed E-state index contributed by atoms with van der Waals surface area (Å²) >= 11 is 0. The van der Waals surface area contributed by atoms with E-state index in [0.29, 0.717) is 5.95 Å². The average Bonchev–Trinajstić information content (AvgIpc) is 2.41. The lowest BCUT2D eigenvalue weighted by Gasteiger charge is -2.40. The number of aromatic amines is 1. The molecule has 0 saturated heterocycles. The lowest BCUT2D eigenvalue weighted by Crippen LogP contribution is -2.55. The van der Waals surface area contributed by atoms with Crippen molar-refractivity contribution in [1.82, 2.24) is 4.98 Å². The summed E-state index contributed by atoms with van der Waals surface area (Å²) in [6.45, 7) is 6.12. The first-order valence-electron chi connectivity index (χ1n) is 6.46. The van der Waals surface area contributed by atoms with Gasteiger partial charge in [0, 0.05) is 13.1 Å². The Morgan fingerprint density at radius 2 is 2.26 bits per heavy atom. The molecule has 1 amide bonds. The summed E-state index contributed by atoms with van der Waals surface area (Å²) in [6.07, 6.45) is 2.49. The number of anilines is 3. The highest BCUT2D eigenvalue weighted by atomic mass is 16.2. The number of hydrogen-bond acceptors (Lipinski definition) is 5. The number of nitrogen functional groups attached to an aromatic ring is 1. The predicted octanol–water partition coefficient (Wildman–Crippen LogP) is 0.151. The molecular weight excluding hydrogens is 244 g/mol. The molecule has 1 aromatic rings. The SMILES string of the molecule is CC[C@@H]1C(=O)N(C)c2c[nH+]c(NN)nc2N1C(C)C. The summed E-state index contributed by atoms with van der Waals surface area (Å²) in [6, 6.07) is -0.0000935. The van der Waals surface area contributed by atoms with Gasteiger partial charge in [-0.15, -0.1) is 0 Å². The quantitative estimate of drug-likeness (QED) is 0.600. The fourth-order valence-electron chi connectivity index (χ4n) is 2.49. The highest BCUT2D eigenvalue weighted by Crippen LogP contribution is 2.35. The molecule has 2 rings (SSSR count). The van der Waals surface area contributed by atoms with E-state index in [1.54, 1.807) is 18.1 Å². The van der Waals surface area contributed by atoms with E-state index in [4.69, 9.17) is 5.84 Å². The second-order valence-corrected chi connectivity index (χ2v) is 4.92. The van der Waals surface area contributed by atoms with Gasteiger partial charge in [-0.2, -0.15) is 5.84 Å². The van der Waals surface area contributed by atoms with Gasteiger partial charge in [0.1, 0.15) is 11.7 Å². The minimum atomic E-state index is -0.182. The number of nitrogens with two attached hydrogens (primary N) is 1. The smallest absolute Gasteiger partial charge is 0.327 e. The molecule has 7 nitrogen and oxygen atoms in total. The Labute approximate surface area is 112 Å². The number of likely N-dealkylation sites (N-methyl/N-ethyl adjacent to an activating group) is 1. The molecule has 1 aliphatic rings. The molecule has 7 heteroatoms. The molecule has 0 bridgehead atoms. The number of nitrogens with zero attached hydrogens (tertiary/aromatic N) is 3. The molecule has 0 aromatic carbocycles. The largest absolute Gasteiger partial charge is 0.408 e. The number of fused-ring (bicyclic) bond motifs is 1. The highest BCUT2D eigenvalue weighted by Gasteiger charge is 2.40. The normalized spacial score (nSPS) is 18.8. The van der Waals surface area contributed by atoms with Gasteiger partial charge in [0.2, 0.25) is 11.7 Å². The van der Waals surface area contributed by atoms with Crippen molar-refractivity contribution in [3.05, 3.63) is 6.20 Å². The number of nitrogens with one attached hydrogen (secondary N) is 2. The van der Waals surface area contributed by atoms with Crippen LogP contribution in [0.25, 0.3) is 0 Å². The molecule has 1 aliphatic heterocycles. The monoisotopic (exact) mass is 265 g/mol. The molecule has 19 heavy (non-hydrogen) atoms. The van der Waals surface area contributed by atoms with Gasteiger partial charge in [-0.3, -0.25) is 4.79 Å². The third-order valence-electron chi connectivity index (χ3n) is 3.43. The van der Waals surface area contributed by atoms with Crippen LogP contribution in [0, 0.1) is 0 Å². The van der Waals surface area contributed by atoms with Crippen molar-refractivity contribution < 1.29 is 9.78 Å². The van der Waals surface area contributed by atoms with Crippen LogP contribution in [0.2, 0.25) is 0 Å². The Morgan fingerprint density at radius 1 is 1.58 bits per heavy atom. The van der Waals surface area contributed by atoms with Crippen molar-refractivity contribution in [2.75, 3.05) is 22.3 Å². The Morgan fingerprint density at radius 3 is 2.79 bits per heavy atom. The van der Waals surface area contributed by atoms with E-state index < -0.39 is 0 Å². The molecule has 104 valence electrons. The van der Waals surface area contributed by atoms with Crippen molar-refractivity contribution in [3.63, 3.8) is 0 Å². The summed E-state index contributed by atoms with van der Waals surface area (Å²) in [7, 11) is 1.77. The van der Waals surface area contributed by atoms with E-state index in [1.165, 1.54) is 0 Å². The second kappa shape index (κ2) is 5.00. The van der Waals surface area contributed by atoms with Gasteiger partial charge in [0.25, 0.3) is 0 Å². The first kappa shape index (κ1) is 13.5. The van der Waals surface area contributed by atoms with E-state index in [0.717, 1.165) is 17.9 Å². The Hall–Kier alpha value is -1.89. The average molecular weight is 265 g/mol. The minimum Gasteiger partial charge on any atom is -0.327 e. The molecule has 0 spiro atoms. The zero-order valence-electron chi connectivity index (χ0n) is 11.8.